The lowest BCUT2D eigenvalue weighted by Crippen LogP contribution is -2.11. The van der Waals surface area contributed by atoms with Crippen molar-refractivity contribution in [2.45, 2.75) is 12.8 Å². The minimum atomic E-state index is -0.938. The van der Waals surface area contributed by atoms with Crippen LogP contribution in [0.2, 0.25) is 5.02 Å². The number of amides is 1. The van der Waals surface area contributed by atoms with Crippen LogP contribution in [-0.4, -0.2) is 21.8 Å². The largest absolute Gasteiger partial charge is 0.364 e. The topological polar surface area (TPSA) is 102 Å². The number of nitrogens with zero attached hydrogens (tertiary/aromatic N) is 1. The first-order valence-corrected chi connectivity index (χ1v) is 9.26. The number of carbonyl (C=O) groups excluding carboxylic acids is 2. The summed E-state index contributed by atoms with van der Waals surface area (Å²) in [6.45, 7) is 0. The van der Waals surface area contributed by atoms with Crippen LogP contribution in [0.25, 0.3) is 10.9 Å². The monoisotopic (exact) mass is 429 g/mol. The van der Waals surface area contributed by atoms with Crippen molar-refractivity contribution in [2.24, 2.45) is 5.73 Å². The molecule has 0 aliphatic carbocycles. The Bertz CT molecular complexity index is 1300. The van der Waals surface area contributed by atoms with E-state index in [-0.39, 0.29) is 17.7 Å². The molecule has 0 fully saturated rings. The van der Waals surface area contributed by atoms with Crippen molar-refractivity contribution in [3.8, 4) is 0 Å². The van der Waals surface area contributed by atoms with Crippen LogP contribution in [0.1, 0.15) is 37.7 Å². The van der Waals surface area contributed by atoms with Gasteiger partial charge in [0.05, 0.1) is 5.56 Å². The number of fused-ring (bicyclic) bond motifs is 1. The minimum absolute atomic E-state index is 0.0318. The SMILES string of the molecule is NC(=O)c1cc(C(=O)c2cc(F)cc(CCc3c[nH]c4ccc(Cl)cc34)c2F)on1. The fourth-order valence-corrected chi connectivity index (χ4v) is 3.42. The van der Waals surface area contributed by atoms with E-state index in [0.29, 0.717) is 11.4 Å². The number of carbonyl (C=O) groups is 2. The van der Waals surface area contributed by atoms with E-state index in [0.717, 1.165) is 34.7 Å². The van der Waals surface area contributed by atoms with E-state index >= 15 is 0 Å². The third kappa shape index (κ3) is 3.69. The van der Waals surface area contributed by atoms with Crippen LogP contribution in [0.15, 0.2) is 47.1 Å². The predicted octanol–water partition coefficient (Wildman–Crippen LogP) is 4.20. The van der Waals surface area contributed by atoms with Gasteiger partial charge < -0.3 is 15.2 Å². The highest BCUT2D eigenvalue weighted by Crippen LogP contribution is 2.25. The highest BCUT2D eigenvalue weighted by molar-refractivity contribution is 6.31. The average Bonchev–Trinajstić information content (AvgIpc) is 3.35. The molecule has 9 heteroatoms. The molecule has 3 N–H and O–H groups in total. The number of nitrogens with one attached hydrogen (secondary N) is 1. The van der Waals surface area contributed by atoms with Gasteiger partial charge in [-0.25, -0.2) is 8.78 Å². The Hall–Kier alpha value is -3.52. The number of H-pyrrole nitrogens is 1. The Morgan fingerprint density at radius 3 is 2.60 bits per heavy atom. The number of aromatic amines is 1. The number of hydrogen-bond acceptors (Lipinski definition) is 4. The number of rotatable bonds is 6. The molecule has 0 atom stereocenters. The van der Waals surface area contributed by atoms with E-state index < -0.39 is 34.6 Å². The fourth-order valence-electron chi connectivity index (χ4n) is 3.25. The third-order valence-corrected chi connectivity index (χ3v) is 4.97. The van der Waals surface area contributed by atoms with E-state index in [1.54, 1.807) is 18.3 Å². The first kappa shape index (κ1) is 19.8. The standard InChI is InChI=1S/C21H14ClF2N3O3/c22-12-3-4-16-14(6-12)11(9-26-16)2-1-10-5-13(23)7-15(19(10)24)20(28)18-8-17(21(25)29)27-30-18/h3-9,26H,1-2H2,(H2,25,29). The molecule has 0 saturated carbocycles. The van der Waals surface area contributed by atoms with Crippen molar-refractivity contribution in [1.82, 2.24) is 10.1 Å². The lowest BCUT2D eigenvalue weighted by molar-refractivity contribution is 0.0977. The molecule has 0 bridgehead atoms. The van der Waals surface area contributed by atoms with E-state index in [1.165, 1.54) is 0 Å². The molecular formula is C21H14ClF2N3O3. The van der Waals surface area contributed by atoms with Gasteiger partial charge >= 0.3 is 0 Å². The summed E-state index contributed by atoms with van der Waals surface area (Å²) in [6.07, 6.45) is 2.32. The maximum absolute atomic E-state index is 15.0. The zero-order chi connectivity index (χ0) is 21.4. The molecule has 0 aliphatic heterocycles. The quantitative estimate of drug-likeness (QED) is 0.448. The Kier molecular flexibility index (Phi) is 5.09. The molecular weight excluding hydrogens is 416 g/mol. The van der Waals surface area contributed by atoms with E-state index in [9.17, 15) is 18.4 Å². The lowest BCUT2D eigenvalue weighted by atomic mass is 9.98. The van der Waals surface area contributed by atoms with Crippen molar-refractivity contribution in [3.63, 3.8) is 0 Å². The zero-order valence-electron chi connectivity index (χ0n) is 15.3. The molecule has 0 spiro atoms. The Labute approximate surface area is 173 Å². The van der Waals surface area contributed by atoms with Crippen molar-refractivity contribution >= 4 is 34.2 Å². The summed E-state index contributed by atoms with van der Waals surface area (Å²) >= 11 is 6.04. The summed E-state index contributed by atoms with van der Waals surface area (Å²) in [7, 11) is 0. The average molecular weight is 430 g/mol. The highest BCUT2D eigenvalue weighted by atomic mass is 35.5. The van der Waals surface area contributed by atoms with Crippen LogP contribution in [0, 0.1) is 11.6 Å². The van der Waals surface area contributed by atoms with Gasteiger partial charge in [0, 0.05) is 28.2 Å². The maximum atomic E-state index is 15.0. The second-order valence-electron chi connectivity index (χ2n) is 6.70. The van der Waals surface area contributed by atoms with Crippen LogP contribution in [0.5, 0.6) is 0 Å². The summed E-state index contributed by atoms with van der Waals surface area (Å²) < 4.78 is 33.9. The molecule has 2 heterocycles. The summed E-state index contributed by atoms with van der Waals surface area (Å²) in [4.78, 5) is 26.7. The Morgan fingerprint density at radius 2 is 1.87 bits per heavy atom. The van der Waals surface area contributed by atoms with Gasteiger partial charge in [0.2, 0.25) is 11.5 Å². The van der Waals surface area contributed by atoms with E-state index in [4.69, 9.17) is 21.9 Å². The van der Waals surface area contributed by atoms with Crippen LogP contribution in [-0.2, 0) is 12.8 Å². The number of hydrogen-bond donors (Lipinski definition) is 2. The number of nitrogens with two attached hydrogens (primary N) is 1. The molecule has 4 aromatic rings. The molecule has 0 saturated heterocycles. The number of halogens is 3. The Balaban J connectivity index is 1.62. The fraction of sp³-hybridized carbons (Fsp3) is 0.0952. The Morgan fingerprint density at radius 1 is 1.10 bits per heavy atom. The van der Waals surface area contributed by atoms with Gasteiger partial charge in [0.15, 0.2) is 5.69 Å². The molecule has 0 unspecified atom stereocenters. The molecule has 30 heavy (non-hydrogen) atoms. The van der Waals surface area contributed by atoms with Gasteiger partial charge in [-0.15, -0.1) is 0 Å². The van der Waals surface area contributed by atoms with Gasteiger partial charge in [-0.05, 0) is 54.3 Å². The van der Waals surface area contributed by atoms with Gasteiger partial charge in [-0.1, -0.05) is 16.8 Å². The predicted molar refractivity (Wildman–Crippen MR) is 106 cm³/mol. The molecule has 4 rings (SSSR count). The summed E-state index contributed by atoms with van der Waals surface area (Å²) in [5.41, 5.74) is 6.05. The summed E-state index contributed by atoms with van der Waals surface area (Å²) in [5.74, 6) is -3.89. The van der Waals surface area contributed by atoms with Crippen LogP contribution < -0.4 is 5.73 Å². The lowest BCUT2D eigenvalue weighted by Gasteiger charge is -2.08. The van der Waals surface area contributed by atoms with E-state index in [2.05, 4.69) is 10.1 Å². The second kappa shape index (κ2) is 7.72. The molecule has 2 aromatic heterocycles. The molecule has 0 radical (unpaired) electrons. The number of aryl methyl sites for hydroxylation is 2. The molecule has 1 amide bonds. The van der Waals surface area contributed by atoms with Crippen LogP contribution in [0.4, 0.5) is 8.78 Å². The van der Waals surface area contributed by atoms with Crippen molar-refractivity contribution in [1.29, 1.82) is 0 Å². The molecule has 0 aliphatic rings. The van der Waals surface area contributed by atoms with Gasteiger partial charge in [0.25, 0.3) is 5.91 Å². The molecule has 6 nitrogen and oxygen atoms in total. The normalized spacial score (nSPS) is 11.2. The minimum Gasteiger partial charge on any atom is -0.364 e. The van der Waals surface area contributed by atoms with Gasteiger partial charge in [-0.3, -0.25) is 9.59 Å². The number of ketones is 1. The molecule has 152 valence electrons. The van der Waals surface area contributed by atoms with Crippen LogP contribution >= 0.6 is 11.6 Å². The van der Waals surface area contributed by atoms with Crippen LogP contribution in [0.3, 0.4) is 0 Å². The van der Waals surface area contributed by atoms with Gasteiger partial charge in [-0.2, -0.15) is 0 Å². The van der Waals surface area contributed by atoms with Crippen molar-refractivity contribution in [2.75, 3.05) is 0 Å². The first-order valence-electron chi connectivity index (χ1n) is 8.88. The van der Waals surface area contributed by atoms with E-state index in [1.807, 2.05) is 6.07 Å². The molecule has 2 aromatic carbocycles. The maximum Gasteiger partial charge on any atom is 0.270 e. The zero-order valence-corrected chi connectivity index (χ0v) is 16.1. The summed E-state index contributed by atoms with van der Waals surface area (Å²) in [5, 5.41) is 4.79. The van der Waals surface area contributed by atoms with Gasteiger partial charge in [0.1, 0.15) is 11.6 Å². The number of primary amides is 1. The smallest absolute Gasteiger partial charge is 0.270 e. The number of benzene rings is 2. The van der Waals surface area contributed by atoms with Crippen molar-refractivity contribution < 1.29 is 22.9 Å². The van der Waals surface area contributed by atoms with Crippen molar-refractivity contribution in [3.05, 3.63) is 87.4 Å². The number of aromatic nitrogens is 2. The second-order valence-corrected chi connectivity index (χ2v) is 7.14. The first-order chi connectivity index (χ1) is 14.3. The highest BCUT2D eigenvalue weighted by Gasteiger charge is 2.23. The summed E-state index contributed by atoms with van der Waals surface area (Å²) in [6, 6.07) is 8.19. The third-order valence-electron chi connectivity index (χ3n) is 4.74.